The van der Waals surface area contributed by atoms with Crippen LogP contribution >= 0.6 is 0 Å². The van der Waals surface area contributed by atoms with Gasteiger partial charge in [-0.25, -0.2) is 0 Å². The van der Waals surface area contributed by atoms with E-state index >= 15 is 0 Å². The number of nitrogens with zero attached hydrogens (tertiary/aromatic N) is 1. The molecule has 1 heteroatoms. The Hall–Kier alpha value is -0.510. The summed E-state index contributed by atoms with van der Waals surface area (Å²) in [6, 6.07) is 2.67. The van der Waals surface area contributed by atoms with Crippen molar-refractivity contribution in [1.29, 1.82) is 5.26 Å². The van der Waals surface area contributed by atoms with E-state index in [-0.39, 0.29) is 5.41 Å². The van der Waals surface area contributed by atoms with Crippen LogP contribution in [0.3, 0.4) is 0 Å². The van der Waals surface area contributed by atoms with Crippen LogP contribution in [-0.4, -0.2) is 0 Å². The van der Waals surface area contributed by atoms with Gasteiger partial charge in [0.05, 0.1) is 11.5 Å². The summed E-state index contributed by atoms with van der Waals surface area (Å²) in [5.74, 6) is 2.81. The van der Waals surface area contributed by atoms with Gasteiger partial charge in [-0.1, -0.05) is 58.8 Å². The van der Waals surface area contributed by atoms with Gasteiger partial charge in [-0.3, -0.25) is 0 Å². The summed E-state index contributed by atoms with van der Waals surface area (Å²) in [6.07, 6.45) is 16.2. The Morgan fingerprint density at radius 3 is 2.40 bits per heavy atom. The Balaban J connectivity index is 1.83. The molecule has 0 saturated heterocycles. The smallest absolute Gasteiger partial charge is 0.0689 e. The first-order valence-corrected chi connectivity index (χ1v) is 9.14. The van der Waals surface area contributed by atoms with Crippen LogP contribution < -0.4 is 0 Å². The molecular weight excluding hydrogens is 242 g/mol. The zero-order valence-electron chi connectivity index (χ0n) is 13.7. The highest BCUT2D eigenvalue weighted by Crippen LogP contribution is 2.48. The van der Waals surface area contributed by atoms with Crippen molar-refractivity contribution >= 4 is 0 Å². The van der Waals surface area contributed by atoms with E-state index in [1.807, 2.05) is 0 Å². The molecule has 0 aromatic carbocycles. The topological polar surface area (TPSA) is 23.8 Å². The third-order valence-electron chi connectivity index (χ3n) is 6.32. The highest BCUT2D eigenvalue weighted by atomic mass is 14.4. The second kappa shape index (κ2) is 7.48. The maximum absolute atomic E-state index is 9.55. The Bertz CT molecular complexity index is 321. The maximum atomic E-state index is 9.55. The van der Waals surface area contributed by atoms with Gasteiger partial charge in [0.15, 0.2) is 0 Å². The van der Waals surface area contributed by atoms with Crippen LogP contribution in [0.4, 0.5) is 0 Å². The van der Waals surface area contributed by atoms with Crippen LogP contribution in [0.5, 0.6) is 0 Å². The molecule has 2 aliphatic rings. The zero-order chi connectivity index (χ0) is 14.4. The minimum absolute atomic E-state index is 0.0297. The van der Waals surface area contributed by atoms with Gasteiger partial charge in [0.2, 0.25) is 0 Å². The van der Waals surface area contributed by atoms with Gasteiger partial charge in [0, 0.05) is 0 Å². The van der Waals surface area contributed by atoms with Crippen molar-refractivity contribution in [1.82, 2.24) is 0 Å². The third kappa shape index (κ3) is 3.78. The van der Waals surface area contributed by atoms with E-state index in [0.29, 0.717) is 0 Å². The van der Waals surface area contributed by atoms with Crippen molar-refractivity contribution in [2.24, 2.45) is 23.2 Å². The van der Waals surface area contributed by atoms with E-state index in [1.165, 1.54) is 64.2 Å². The first-order valence-electron chi connectivity index (χ1n) is 9.14. The van der Waals surface area contributed by atoms with E-state index < -0.39 is 0 Å². The molecular formula is C19H33N. The third-order valence-corrected chi connectivity index (χ3v) is 6.32. The molecule has 2 aliphatic carbocycles. The number of hydrogen-bond acceptors (Lipinski definition) is 1. The first-order chi connectivity index (χ1) is 9.73. The average molecular weight is 275 g/mol. The van der Waals surface area contributed by atoms with Crippen molar-refractivity contribution in [2.45, 2.75) is 90.9 Å². The number of nitriles is 1. The summed E-state index contributed by atoms with van der Waals surface area (Å²) in [4.78, 5) is 0. The quantitative estimate of drug-likeness (QED) is 0.595. The summed E-state index contributed by atoms with van der Waals surface area (Å²) < 4.78 is 0. The summed E-state index contributed by atoms with van der Waals surface area (Å²) in [5, 5.41) is 9.55. The van der Waals surface area contributed by atoms with Crippen LogP contribution in [0.15, 0.2) is 0 Å². The van der Waals surface area contributed by atoms with E-state index in [0.717, 1.165) is 30.6 Å². The number of hydrogen-bond donors (Lipinski definition) is 0. The molecule has 0 N–H and O–H groups in total. The van der Waals surface area contributed by atoms with Crippen LogP contribution in [0, 0.1) is 34.5 Å². The highest BCUT2D eigenvalue weighted by molar-refractivity contribution is 5.02. The van der Waals surface area contributed by atoms with Crippen LogP contribution in [-0.2, 0) is 0 Å². The molecule has 2 saturated carbocycles. The van der Waals surface area contributed by atoms with E-state index in [1.54, 1.807) is 0 Å². The molecule has 1 nitrogen and oxygen atoms in total. The molecule has 0 radical (unpaired) electrons. The van der Waals surface area contributed by atoms with E-state index in [2.05, 4.69) is 19.9 Å². The predicted octanol–water partition coefficient (Wildman–Crippen LogP) is 6.09. The normalized spacial score (nSPS) is 38.4. The van der Waals surface area contributed by atoms with Gasteiger partial charge in [-0.2, -0.15) is 5.26 Å². The Morgan fingerprint density at radius 1 is 1.05 bits per heavy atom. The lowest BCUT2D eigenvalue weighted by molar-refractivity contribution is 0.107. The highest BCUT2D eigenvalue weighted by Gasteiger charge is 2.38. The fraction of sp³-hybridized carbons (Fsp3) is 0.947. The van der Waals surface area contributed by atoms with Gasteiger partial charge in [-0.05, 0) is 49.9 Å². The van der Waals surface area contributed by atoms with Crippen molar-refractivity contribution < 1.29 is 0 Å². The largest absolute Gasteiger partial charge is 0.198 e. The average Bonchev–Trinajstić information content (AvgIpc) is 2.53. The minimum Gasteiger partial charge on any atom is -0.198 e. The zero-order valence-corrected chi connectivity index (χ0v) is 13.7. The molecule has 20 heavy (non-hydrogen) atoms. The molecule has 2 unspecified atom stereocenters. The number of rotatable bonds is 5. The molecule has 0 aromatic rings. The van der Waals surface area contributed by atoms with Crippen LogP contribution in [0.25, 0.3) is 0 Å². The van der Waals surface area contributed by atoms with Crippen LogP contribution in [0.2, 0.25) is 0 Å². The first kappa shape index (κ1) is 15.9. The van der Waals surface area contributed by atoms with Gasteiger partial charge in [-0.15, -0.1) is 0 Å². The monoisotopic (exact) mass is 275 g/mol. The summed E-state index contributed by atoms with van der Waals surface area (Å²) in [6.45, 7) is 4.52. The Kier molecular flexibility index (Phi) is 5.94. The number of unbranched alkanes of at least 4 members (excludes halogenated alkanes) is 1. The lowest BCUT2D eigenvalue weighted by Gasteiger charge is -2.41. The van der Waals surface area contributed by atoms with Gasteiger partial charge < -0.3 is 0 Å². The maximum Gasteiger partial charge on any atom is 0.0689 e. The molecule has 2 atom stereocenters. The molecule has 0 heterocycles. The van der Waals surface area contributed by atoms with E-state index in [4.69, 9.17) is 0 Å². The molecule has 2 rings (SSSR count). The van der Waals surface area contributed by atoms with Gasteiger partial charge in [0.1, 0.15) is 0 Å². The summed E-state index contributed by atoms with van der Waals surface area (Å²) >= 11 is 0. The van der Waals surface area contributed by atoms with Crippen molar-refractivity contribution in [3.8, 4) is 6.07 Å². The lowest BCUT2D eigenvalue weighted by atomic mass is 9.62. The Labute approximate surface area is 126 Å². The Morgan fingerprint density at radius 2 is 1.80 bits per heavy atom. The standard InChI is InChI=1S/C19H33N/c1-3-5-7-16-9-11-17(12-10-16)18-8-6-13-19(4-2,14-18)15-20/h16-18H,3-14H2,1-2H3. The molecule has 0 amide bonds. The van der Waals surface area contributed by atoms with E-state index in [9.17, 15) is 5.26 Å². The van der Waals surface area contributed by atoms with Crippen molar-refractivity contribution in [2.75, 3.05) is 0 Å². The predicted molar refractivity (Wildman–Crippen MR) is 85.3 cm³/mol. The van der Waals surface area contributed by atoms with Gasteiger partial charge >= 0.3 is 0 Å². The van der Waals surface area contributed by atoms with Crippen molar-refractivity contribution in [3.05, 3.63) is 0 Å². The summed E-state index contributed by atoms with van der Waals surface area (Å²) in [5.41, 5.74) is 0.0297. The van der Waals surface area contributed by atoms with Crippen LogP contribution in [0.1, 0.15) is 90.9 Å². The lowest BCUT2D eigenvalue weighted by Crippen LogP contribution is -2.32. The molecule has 0 spiro atoms. The molecule has 0 aliphatic heterocycles. The molecule has 114 valence electrons. The molecule has 0 aromatic heterocycles. The SMILES string of the molecule is CCCCC1CCC(C2CCCC(C#N)(CC)C2)CC1. The fourth-order valence-corrected chi connectivity index (χ4v) is 4.75. The second-order valence-electron chi connectivity index (χ2n) is 7.53. The van der Waals surface area contributed by atoms with Gasteiger partial charge in [0.25, 0.3) is 0 Å². The van der Waals surface area contributed by atoms with Crippen molar-refractivity contribution in [3.63, 3.8) is 0 Å². The fourth-order valence-electron chi connectivity index (χ4n) is 4.75. The minimum atomic E-state index is 0.0297. The molecule has 0 bridgehead atoms. The summed E-state index contributed by atoms with van der Waals surface area (Å²) in [7, 11) is 0. The second-order valence-corrected chi connectivity index (χ2v) is 7.53. The molecule has 2 fully saturated rings.